The van der Waals surface area contributed by atoms with Gasteiger partial charge in [0.25, 0.3) is 0 Å². The summed E-state index contributed by atoms with van der Waals surface area (Å²) in [6.45, 7) is 3.11. The number of ether oxygens (including phenoxy) is 1. The van der Waals surface area contributed by atoms with Crippen molar-refractivity contribution < 1.29 is 14.3 Å². The number of benzene rings is 1. The number of nitrogens with zero attached hydrogens (tertiary/aromatic N) is 1. The zero-order valence-electron chi connectivity index (χ0n) is 14.3. The third-order valence-electron chi connectivity index (χ3n) is 4.13. The Labute approximate surface area is 143 Å². The van der Waals surface area contributed by atoms with Gasteiger partial charge in [-0.25, -0.2) is 0 Å². The molecule has 0 aromatic heterocycles. The molecule has 1 heterocycles. The van der Waals surface area contributed by atoms with Gasteiger partial charge in [-0.1, -0.05) is 18.2 Å². The molecule has 1 fully saturated rings. The molecule has 1 saturated heterocycles. The van der Waals surface area contributed by atoms with Gasteiger partial charge in [-0.05, 0) is 37.9 Å². The largest absolute Gasteiger partial charge is 0.385 e. The molecule has 1 aliphatic heterocycles. The lowest BCUT2D eigenvalue weighted by Crippen LogP contribution is -2.45. The summed E-state index contributed by atoms with van der Waals surface area (Å²) < 4.78 is 4.96. The second kappa shape index (κ2) is 10.1. The first-order valence-electron chi connectivity index (χ1n) is 8.53. The highest BCUT2D eigenvalue weighted by molar-refractivity contribution is 5.92. The molecule has 0 saturated carbocycles. The number of anilines is 1. The van der Waals surface area contributed by atoms with E-state index in [2.05, 4.69) is 15.5 Å². The molecular weight excluding hydrogens is 306 g/mol. The molecule has 6 nitrogen and oxygen atoms in total. The summed E-state index contributed by atoms with van der Waals surface area (Å²) in [7, 11) is 1.65. The SMILES string of the molecule is COCCCNC(=O)CN1CCCC(C(=O)Nc2ccccc2)C1. The fourth-order valence-electron chi connectivity index (χ4n) is 2.88. The van der Waals surface area contributed by atoms with Crippen molar-refractivity contribution in [1.29, 1.82) is 0 Å². The lowest BCUT2D eigenvalue weighted by Gasteiger charge is -2.31. The number of hydrogen-bond acceptors (Lipinski definition) is 4. The molecule has 1 aliphatic rings. The zero-order chi connectivity index (χ0) is 17.2. The van der Waals surface area contributed by atoms with Gasteiger partial charge in [0.05, 0.1) is 12.5 Å². The monoisotopic (exact) mass is 333 g/mol. The van der Waals surface area contributed by atoms with E-state index in [4.69, 9.17) is 4.74 Å². The Kier molecular flexibility index (Phi) is 7.71. The number of carbonyl (C=O) groups excluding carboxylic acids is 2. The molecule has 6 heteroatoms. The van der Waals surface area contributed by atoms with Crippen molar-refractivity contribution in [3.8, 4) is 0 Å². The van der Waals surface area contributed by atoms with Gasteiger partial charge < -0.3 is 15.4 Å². The van der Waals surface area contributed by atoms with E-state index < -0.39 is 0 Å². The molecule has 0 spiro atoms. The molecule has 2 rings (SSSR count). The highest BCUT2D eigenvalue weighted by Crippen LogP contribution is 2.18. The predicted molar refractivity (Wildman–Crippen MR) is 93.7 cm³/mol. The van der Waals surface area contributed by atoms with E-state index in [1.54, 1.807) is 7.11 Å². The number of nitrogens with one attached hydrogen (secondary N) is 2. The maximum Gasteiger partial charge on any atom is 0.234 e. The van der Waals surface area contributed by atoms with Crippen molar-refractivity contribution in [3.63, 3.8) is 0 Å². The Morgan fingerprint density at radius 2 is 2.08 bits per heavy atom. The molecule has 0 aliphatic carbocycles. The van der Waals surface area contributed by atoms with Crippen LogP contribution in [0.3, 0.4) is 0 Å². The molecule has 1 aromatic carbocycles. The van der Waals surface area contributed by atoms with E-state index in [-0.39, 0.29) is 17.7 Å². The average molecular weight is 333 g/mol. The number of para-hydroxylation sites is 1. The second-order valence-electron chi connectivity index (χ2n) is 6.13. The number of carbonyl (C=O) groups is 2. The topological polar surface area (TPSA) is 70.7 Å². The summed E-state index contributed by atoms with van der Waals surface area (Å²) in [6, 6.07) is 9.48. The Bertz CT molecular complexity index is 522. The summed E-state index contributed by atoms with van der Waals surface area (Å²) >= 11 is 0. The maximum atomic E-state index is 12.4. The van der Waals surface area contributed by atoms with E-state index in [1.165, 1.54) is 0 Å². The highest BCUT2D eigenvalue weighted by Gasteiger charge is 2.26. The average Bonchev–Trinajstić information content (AvgIpc) is 2.60. The van der Waals surface area contributed by atoms with Crippen molar-refractivity contribution in [1.82, 2.24) is 10.2 Å². The van der Waals surface area contributed by atoms with Crippen LogP contribution in [0.25, 0.3) is 0 Å². The summed E-state index contributed by atoms with van der Waals surface area (Å²) in [4.78, 5) is 26.4. The summed E-state index contributed by atoms with van der Waals surface area (Å²) in [5.41, 5.74) is 0.815. The van der Waals surface area contributed by atoms with Crippen molar-refractivity contribution in [2.45, 2.75) is 19.3 Å². The summed E-state index contributed by atoms with van der Waals surface area (Å²) in [5, 5.41) is 5.84. The lowest BCUT2D eigenvalue weighted by atomic mass is 9.97. The Morgan fingerprint density at radius 3 is 2.83 bits per heavy atom. The van der Waals surface area contributed by atoms with E-state index in [0.29, 0.717) is 26.2 Å². The number of rotatable bonds is 8. The third-order valence-corrected chi connectivity index (χ3v) is 4.13. The first kappa shape index (κ1) is 18.4. The molecule has 1 aromatic rings. The second-order valence-corrected chi connectivity index (χ2v) is 6.13. The Hall–Kier alpha value is -1.92. The molecule has 1 unspecified atom stereocenters. The first-order chi connectivity index (χ1) is 11.7. The van der Waals surface area contributed by atoms with Crippen molar-refractivity contribution in [2.75, 3.05) is 45.2 Å². The minimum Gasteiger partial charge on any atom is -0.385 e. The predicted octanol–water partition coefficient (Wildman–Crippen LogP) is 1.49. The van der Waals surface area contributed by atoms with Gasteiger partial charge in [-0.2, -0.15) is 0 Å². The third kappa shape index (κ3) is 6.29. The fraction of sp³-hybridized carbons (Fsp3) is 0.556. The van der Waals surface area contributed by atoms with Crippen LogP contribution in [0.1, 0.15) is 19.3 Å². The van der Waals surface area contributed by atoms with E-state index in [0.717, 1.165) is 31.5 Å². The summed E-state index contributed by atoms with van der Waals surface area (Å²) in [6.07, 6.45) is 2.61. The van der Waals surface area contributed by atoms with Crippen LogP contribution in [0.5, 0.6) is 0 Å². The molecule has 0 bridgehead atoms. The smallest absolute Gasteiger partial charge is 0.234 e. The molecule has 0 radical (unpaired) electrons. The van der Waals surface area contributed by atoms with Crippen LogP contribution in [0.15, 0.2) is 30.3 Å². The minimum absolute atomic E-state index is 0.00946. The lowest BCUT2D eigenvalue weighted by molar-refractivity contribution is -0.125. The van der Waals surface area contributed by atoms with Crippen LogP contribution >= 0.6 is 0 Å². The van der Waals surface area contributed by atoms with Gasteiger partial charge in [-0.3, -0.25) is 14.5 Å². The van der Waals surface area contributed by atoms with Gasteiger partial charge in [0.1, 0.15) is 0 Å². The number of hydrogen-bond donors (Lipinski definition) is 2. The summed E-state index contributed by atoms with van der Waals surface area (Å²) in [5.74, 6) is -0.0260. The van der Waals surface area contributed by atoms with Gasteiger partial charge in [0, 0.05) is 32.5 Å². The molecular formula is C18H27N3O3. The van der Waals surface area contributed by atoms with Crippen molar-refractivity contribution in [2.24, 2.45) is 5.92 Å². The zero-order valence-corrected chi connectivity index (χ0v) is 14.3. The highest BCUT2D eigenvalue weighted by atomic mass is 16.5. The van der Waals surface area contributed by atoms with Crippen LogP contribution in [0.2, 0.25) is 0 Å². The maximum absolute atomic E-state index is 12.4. The molecule has 2 N–H and O–H groups in total. The van der Waals surface area contributed by atoms with Gasteiger partial charge in [0.2, 0.25) is 11.8 Å². The first-order valence-corrected chi connectivity index (χ1v) is 8.53. The molecule has 132 valence electrons. The molecule has 2 amide bonds. The quantitative estimate of drug-likeness (QED) is 0.707. The van der Waals surface area contributed by atoms with Crippen molar-refractivity contribution in [3.05, 3.63) is 30.3 Å². The van der Waals surface area contributed by atoms with Crippen LogP contribution in [-0.4, -0.2) is 56.6 Å². The van der Waals surface area contributed by atoms with Gasteiger partial charge >= 0.3 is 0 Å². The number of methoxy groups -OCH3 is 1. The number of likely N-dealkylation sites (tertiary alicyclic amines) is 1. The van der Waals surface area contributed by atoms with Crippen LogP contribution in [-0.2, 0) is 14.3 Å². The van der Waals surface area contributed by atoms with Crippen LogP contribution in [0, 0.1) is 5.92 Å². The Morgan fingerprint density at radius 1 is 1.29 bits per heavy atom. The minimum atomic E-state index is -0.0692. The van der Waals surface area contributed by atoms with Crippen molar-refractivity contribution >= 4 is 17.5 Å². The Balaban J connectivity index is 1.74. The standard InChI is InChI=1S/C18H27N3O3/c1-24-12-6-10-19-17(22)14-21-11-5-7-15(13-21)18(23)20-16-8-3-2-4-9-16/h2-4,8-9,15H,5-7,10-14H2,1H3,(H,19,22)(H,20,23). The van der Waals surface area contributed by atoms with Crippen LogP contribution < -0.4 is 10.6 Å². The van der Waals surface area contributed by atoms with Gasteiger partial charge in [0.15, 0.2) is 0 Å². The number of piperidine rings is 1. The molecule has 1 atom stereocenters. The van der Waals surface area contributed by atoms with E-state index in [1.807, 2.05) is 30.3 Å². The van der Waals surface area contributed by atoms with Crippen LogP contribution in [0.4, 0.5) is 5.69 Å². The number of amides is 2. The van der Waals surface area contributed by atoms with Gasteiger partial charge in [-0.15, -0.1) is 0 Å². The van der Waals surface area contributed by atoms with E-state index in [9.17, 15) is 9.59 Å². The fourth-order valence-corrected chi connectivity index (χ4v) is 2.88. The van der Waals surface area contributed by atoms with E-state index >= 15 is 0 Å². The molecule has 24 heavy (non-hydrogen) atoms. The normalized spacial score (nSPS) is 18.1.